The zero-order chi connectivity index (χ0) is 26.4. The highest BCUT2D eigenvalue weighted by Gasteiger charge is 2.32. The lowest BCUT2D eigenvalue weighted by Gasteiger charge is -2.27. The van der Waals surface area contributed by atoms with Gasteiger partial charge in [0, 0.05) is 6.42 Å². The number of hydrogen-bond acceptors (Lipinski definition) is 8. The standard InChI is InChI=1S/C20H36N6O8/c1-10(2)16(19(32)25-13(20(33)34)5-3-4-8-21)26-18(31)12(6-7-14(23)27)24-17(30)11(22)9-15(28)29/h10-13,16H,3-9,21-22H2,1-2H3,(H2,23,27)(H,24,30)(H,25,32)(H,26,31)(H,28,29)(H,33,34). The van der Waals surface area contributed by atoms with E-state index in [1.54, 1.807) is 13.8 Å². The molecule has 0 radical (unpaired) electrons. The molecule has 194 valence electrons. The second kappa shape index (κ2) is 15.6. The second-order valence-corrected chi connectivity index (χ2v) is 8.18. The van der Waals surface area contributed by atoms with Crippen molar-refractivity contribution < 1.29 is 39.0 Å². The van der Waals surface area contributed by atoms with Gasteiger partial charge in [0.15, 0.2) is 0 Å². The van der Waals surface area contributed by atoms with E-state index >= 15 is 0 Å². The van der Waals surface area contributed by atoms with Crippen molar-refractivity contribution in [1.82, 2.24) is 16.0 Å². The minimum atomic E-state index is -1.45. The number of nitrogens with two attached hydrogens (primary N) is 3. The van der Waals surface area contributed by atoms with Crippen molar-refractivity contribution in [3.05, 3.63) is 0 Å². The van der Waals surface area contributed by atoms with Gasteiger partial charge in [-0.1, -0.05) is 13.8 Å². The highest BCUT2D eigenvalue weighted by atomic mass is 16.4. The lowest BCUT2D eigenvalue weighted by molar-refractivity contribution is -0.142. The van der Waals surface area contributed by atoms with E-state index in [1.165, 1.54) is 0 Å². The molecule has 0 aromatic rings. The highest BCUT2D eigenvalue weighted by Crippen LogP contribution is 2.08. The van der Waals surface area contributed by atoms with Crippen LogP contribution < -0.4 is 33.2 Å². The fourth-order valence-corrected chi connectivity index (χ4v) is 2.92. The number of rotatable bonds is 17. The van der Waals surface area contributed by atoms with Crippen molar-refractivity contribution in [1.29, 1.82) is 0 Å². The Morgan fingerprint density at radius 3 is 1.88 bits per heavy atom. The van der Waals surface area contributed by atoms with E-state index < -0.39 is 72.1 Å². The number of carbonyl (C=O) groups is 6. The Morgan fingerprint density at radius 1 is 0.824 bits per heavy atom. The molecule has 4 unspecified atom stereocenters. The Bertz CT molecular complexity index is 745. The van der Waals surface area contributed by atoms with Crippen LogP contribution >= 0.6 is 0 Å². The molecular weight excluding hydrogens is 452 g/mol. The molecule has 0 aliphatic rings. The zero-order valence-electron chi connectivity index (χ0n) is 19.4. The number of carboxylic acids is 2. The third-order valence-corrected chi connectivity index (χ3v) is 4.85. The van der Waals surface area contributed by atoms with E-state index in [1.807, 2.05) is 0 Å². The van der Waals surface area contributed by atoms with Crippen LogP contribution in [0, 0.1) is 5.92 Å². The van der Waals surface area contributed by atoms with Crippen LogP contribution in [-0.4, -0.2) is 76.5 Å². The number of aliphatic carboxylic acids is 2. The molecule has 0 rings (SSSR count). The molecule has 4 atom stereocenters. The first-order chi connectivity index (χ1) is 15.8. The SMILES string of the molecule is CC(C)C(NC(=O)C(CCC(N)=O)NC(=O)C(N)CC(=O)O)C(=O)NC(CCCCN)C(=O)O. The predicted octanol–water partition coefficient (Wildman–Crippen LogP) is -2.62. The Balaban J connectivity index is 5.44. The van der Waals surface area contributed by atoms with Gasteiger partial charge in [0.05, 0.1) is 12.5 Å². The van der Waals surface area contributed by atoms with Crippen LogP contribution in [0.15, 0.2) is 0 Å². The average molecular weight is 489 g/mol. The van der Waals surface area contributed by atoms with E-state index in [0.717, 1.165) is 0 Å². The third kappa shape index (κ3) is 12.1. The molecule has 14 nitrogen and oxygen atoms in total. The summed E-state index contributed by atoms with van der Waals surface area (Å²) in [6.45, 7) is 3.61. The lowest BCUT2D eigenvalue weighted by atomic mass is 10.0. The molecule has 0 spiro atoms. The normalized spacial score (nSPS) is 14.4. The summed E-state index contributed by atoms with van der Waals surface area (Å²) in [7, 11) is 0. The highest BCUT2D eigenvalue weighted by molar-refractivity contribution is 5.95. The molecule has 0 aromatic carbocycles. The number of unbranched alkanes of at least 4 members (excludes halogenated alkanes) is 1. The van der Waals surface area contributed by atoms with E-state index in [4.69, 9.17) is 22.3 Å². The Morgan fingerprint density at radius 2 is 1.41 bits per heavy atom. The van der Waals surface area contributed by atoms with Crippen molar-refractivity contribution in [3.8, 4) is 0 Å². The summed E-state index contributed by atoms with van der Waals surface area (Å²) in [5.41, 5.74) is 16.0. The van der Waals surface area contributed by atoms with Crippen LogP contribution in [0.4, 0.5) is 0 Å². The number of nitrogens with one attached hydrogen (secondary N) is 3. The Kier molecular flexibility index (Phi) is 14.1. The van der Waals surface area contributed by atoms with Gasteiger partial charge in [-0.15, -0.1) is 0 Å². The van der Waals surface area contributed by atoms with Crippen LogP contribution in [0.1, 0.15) is 52.4 Å². The predicted molar refractivity (Wildman–Crippen MR) is 120 cm³/mol. The third-order valence-electron chi connectivity index (χ3n) is 4.85. The van der Waals surface area contributed by atoms with Gasteiger partial charge in [-0.2, -0.15) is 0 Å². The smallest absolute Gasteiger partial charge is 0.326 e. The fraction of sp³-hybridized carbons (Fsp3) is 0.700. The molecule has 34 heavy (non-hydrogen) atoms. The van der Waals surface area contributed by atoms with Crippen LogP contribution in [0.3, 0.4) is 0 Å². The van der Waals surface area contributed by atoms with Gasteiger partial charge in [-0.25, -0.2) is 4.79 Å². The quantitative estimate of drug-likeness (QED) is 0.0988. The van der Waals surface area contributed by atoms with Crippen molar-refractivity contribution in [2.45, 2.75) is 76.5 Å². The summed E-state index contributed by atoms with van der Waals surface area (Å²) < 4.78 is 0. The molecule has 4 amide bonds. The van der Waals surface area contributed by atoms with E-state index in [9.17, 15) is 33.9 Å². The summed E-state index contributed by atoms with van der Waals surface area (Å²) in [5.74, 6) is -6.31. The van der Waals surface area contributed by atoms with Crippen molar-refractivity contribution in [2.24, 2.45) is 23.1 Å². The van der Waals surface area contributed by atoms with Gasteiger partial charge in [0.2, 0.25) is 23.6 Å². The minimum Gasteiger partial charge on any atom is -0.481 e. The molecule has 14 heteroatoms. The minimum absolute atomic E-state index is 0.149. The second-order valence-electron chi connectivity index (χ2n) is 8.18. The van der Waals surface area contributed by atoms with Crippen molar-refractivity contribution in [2.75, 3.05) is 6.54 Å². The molecule has 0 fully saturated rings. The summed E-state index contributed by atoms with van der Waals surface area (Å²) in [6.07, 6.45) is 0.00630. The molecule has 0 heterocycles. The van der Waals surface area contributed by atoms with Crippen LogP contribution in [-0.2, 0) is 28.8 Å². The summed E-state index contributed by atoms with van der Waals surface area (Å²) in [5, 5.41) is 25.3. The molecular formula is C20H36N6O8. The number of hydrogen-bond donors (Lipinski definition) is 8. The average Bonchev–Trinajstić information content (AvgIpc) is 2.72. The first kappa shape index (κ1) is 30.7. The molecule has 0 saturated carbocycles. The zero-order valence-corrected chi connectivity index (χ0v) is 19.4. The maximum atomic E-state index is 12.8. The van der Waals surface area contributed by atoms with Gasteiger partial charge in [0.1, 0.15) is 18.1 Å². The molecule has 0 aliphatic heterocycles. The van der Waals surface area contributed by atoms with Gasteiger partial charge in [-0.05, 0) is 38.1 Å². The molecule has 0 aliphatic carbocycles. The molecule has 0 saturated heterocycles. The summed E-state index contributed by atoms with van der Waals surface area (Å²) >= 11 is 0. The molecule has 0 bridgehead atoms. The van der Waals surface area contributed by atoms with Crippen molar-refractivity contribution in [3.63, 3.8) is 0 Å². The Labute approximate surface area is 197 Å². The van der Waals surface area contributed by atoms with Crippen LogP contribution in [0.25, 0.3) is 0 Å². The van der Waals surface area contributed by atoms with E-state index in [-0.39, 0.29) is 19.3 Å². The molecule has 0 aromatic heterocycles. The number of primary amides is 1. The van der Waals surface area contributed by atoms with Gasteiger partial charge >= 0.3 is 11.9 Å². The largest absolute Gasteiger partial charge is 0.481 e. The topological polar surface area (TPSA) is 257 Å². The summed E-state index contributed by atoms with van der Waals surface area (Å²) in [4.78, 5) is 71.2. The van der Waals surface area contributed by atoms with Crippen molar-refractivity contribution >= 4 is 35.6 Å². The lowest BCUT2D eigenvalue weighted by Crippen LogP contribution is -2.58. The maximum absolute atomic E-state index is 12.8. The number of carbonyl (C=O) groups excluding carboxylic acids is 4. The molecule has 11 N–H and O–H groups in total. The van der Waals surface area contributed by atoms with Gasteiger partial charge in [-0.3, -0.25) is 24.0 Å². The summed E-state index contributed by atoms with van der Waals surface area (Å²) in [6, 6.07) is -5.13. The van der Waals surface area contributed by atoms with Crippen LogP contribution in [0.5, 0.6) is 0 Å². The number of carboxylic acid groups (broad SMARTS) is 2. The monoisotopic (exact) mass is 488 g/mol. The Hall–Kier alpha value is -3.26. The maximum Gasteiger partial charge on any atom is 0.326 e. The van der Waals surface area contributed by atoms with Gasteiger partial charge in [0.25, 0.3) is 0 Å². The van der Waals surface area contributed by atoms with Crippen LogP contribution in [0.2, 0.25) is 0 Å². The first-order valence-electron chi connectivity index (χ1n) is 10.9. The van der Waals surface area contributed by atoms with E-state index in [0.29, 0.717) is 19.4 Å². The first-order valence-corrected chi connectivity index (χ1v) is 10.9. The number of amides is 4. The fourth-order valence-electron chi connectivity index (χ4n) is 2.92. The van der Waals surface area contributed by atoms with Gasteiger partial charge < -0.3 is 43.4 Å². The van der Waals surface area contributed by atoms with E-state index in [2.05, 4.69) is 16.0 Å².